The summed E-state index contributed by atoms with van der Waals surface area (Å²) in [5.41, 5.74) is 1.76. The summed E-state index contributed by atoms with van der Waals surface area (Å²) in [5.74, 6) is -0.861. The summed E-state index contributed by atoms with van der Waals surface area (Å²) < 4.78 is 27.7. The minimum absolute atomic E-state index is 0.366. The number of rotatable bonds is 6. The van der Waals surface area contributed by atoms with Gasteiger partial charge in [-0.25, -0.2) is 8.78 Å². The zero-order chi connectivity index (χ0) is 15.9. The van der Waals surface area contributed by atoms with Crippen LogP contribution in [0.4, 0.5) is 8.78 Å². The van der Waals surface area contributed by atoms with Gasteiger partial charge < -0.3 is 0 Å². The molecule has 22 heavy (non-hydrogen) atoms. The Morgan fingerprint density at radius 2 is 2.00 bits per heavy atom. The summed E-state index contributed by atoms with van der Waals surface area (Å²) in [6, 6.07) is 3.37. The second-order valence-corrected chi connectivity index (χ2v) is 6.25. The number of benzene rings is 1. The highest BCUT2D eigenvalue weighted by atomic mass is 19.2. The van der Waals surface area contributed by atoms with Crippen LogP contribution in [0.1, 0.15) is 63.0 Å². The minimum Gasteiger partial charge on any atom is -0.203 e. The van der Waals surface area contributed by atoms with Crippen LogP contribution in [-0.2, 0) is 0 Å². The largest absolute Gasteiger partial charge is 0.203 e. The predicted octanol–water partition coefficient (Wildman–Crippen LogP) is 6.59. The van der Waals surface area contributed by atoms with E-state index in [0.717, 1.165) is 31.3 Å². The van der Waals surface area contributed by atoms with Crippen molar-refractivity contribution in [3.63, 3.8) is 0 Å². The van der Waals surface area contributed by atoms with Crippen molar-refractivity contribution in [2.24, 2.45) is 5.92 Å². The maximum Gasteiger partial charge on any atom is 0.166 e. The van der Waals surface area contributed by atoms with E-state index in [4.69, 9.17) is 0 Å². The van der Waals surface area contributed by atoms with Crippen molar-refractivity contribution in [3.05, 3.63) is 53.1 Å². The molecule has 0 nitrogen and oxygen atoms in total. The van der Waals surface area contributed by atoms with Gasteiger partial charge in [0.2, 0.25) is 0 Å². The second kappa shape index (κ2) is 8.26. The molecule has 0 spiro atoms. The second-order valence-electron chi connectivity index (χ2n) is 6.25. The molecule has 0 aromatic heterocycles. The molecule has 0 fully saturated rings. The van der Waals surface area contributed by atoms with Crippen LogP contribution < -0.4 is 0 Å². The first-order chi connectivity index (χ1) is 10.6. The quantitative estimate of drug-likeness (QED) is 0.410. The molecule has 2 rings (SSSR count). The highest BCUT2D eigenvalue weighted by Crippen LogP contribution is 2.33. The Hall–Kier alpha value is -1.44. The van der Waals surface area contributed by atoms with Crippen molar-refractivity contribution in [1.82, 2.24) is 0 Å². The molecule has 1 aliphatic rings. The van der Waals surface area contributed by atoms with Crippen LogP contribution in [0, 0.1) is 24.5 Å². The van der Waals surface area contributed by atoms with Gasteiger partial charge >= 0.3 is 0 Å². The van der Waals surface area contributed by atoms with Gasteiger partial charge in [-0.3, -0.25) is 0 Å². The molecule has 0 heterocycles. The van der Waals surface area contributed by atoms with E-state index in [1.807, 2.05) is 0 Å². The van der Waals surface area contributed by atoms with Gasteiger partial charge in [0.25, 0.3) is 0 Å². The van der Waals surface area contributed by atoms with Crippen LogP contribution in [0.25, 0.3) is 5.57 Å². The van der Waals surface area contributed by atoms with Crippen LogP contribution in [0.5, 0.6) is 0 Å². The molecular formula is C20H26F2. The molecule has 0 N–H and O–H groups in total. The molecule has 2 heteroatoms. The predicted molar refractivity (Wildman–Crippen MR) is 89.7 cm³/mol. The standard InChI is InChI=1S/C20H26F2/c1-3-4-5-6-7-8-16-10-12-17(13-11-16)18-14-9-15(2)19(21)20(18)22/h7-9,12,14,16H,3-6,10-11,13H2,1-2H3/b8-7+. The van der Waals surface area contributed by atoms with Crippen LogP contribution in [0.3, 0.4) is 0 Å². The molecule has 1 aromatic carbocycles. The van der Waals surface area contributed by atoms with Gasteiger partial charge in [0.1, 0.15) is 0 Å². The van der Waals surface area contributed by atoms with Crippen molar-refractivity contribution >= 4 is 5.57 Å². The van der Waals surface area contributed by atoms with Gasteiger partial charge in [0.05, 0.1) is 0 Å². The van der Waals surface area contributed by atoms with Gasteiger partial charge in [0.15, 0.2) is 11.6 Å². The van der Waals surface area contributed by atoms with Crippen molar-refractivity contribution < 1.29 is 8.78 Å². The number of hydrogen-bond acceptors (Lipinski definition) is 0. The number of halogens is 2. The molecule has 0 saturated carbocycles. The Morgan fingerprint density at radius 3 is 2.68 bits per heavy atom. The van der Waals surface area contributed by atoms with E-state index in [-0.39, 0.29) is 0 Å². The molecule has 0 saturated heterocycles. The summed E-state index contributed by atoms with van der Waals surface area (Å²) in [7, 11) is 0. The Kier molecular flexibility index (Phi) is 6.35. The SMILES string of the molecule is CCCCC/C=C/C1CC=C(c2ccc(C)c(F)c2F)CC1. The molecule has 0 amide bonds. The maximum atomic E-state index is 14.0. The van der Waals surface area contributed by atoms with E-state index >= 15 is 0 Å². The van der Waals surface area contributed by atoms with E-state index in [1.54, 1.807) is 19.1 Å². The van der Waals surface area contributed by atoms with Crippen LogP contribution in [0.2, 0.25) is 0 Å². The fraction of sp³-hybridized carbons (Fsp3) is 0.500. The van der Waals surface area contributed by atoms with E-state index in [1.165, 1.54) is 19.3 Å². The fourth-order valence-corrected chi connectivity index (χ4v) is 2.97. The van der Waals surface area contributed by atoms with Crippen LogP contribution in [0.15, 0.2) is 30.4 Å². The lowest BCUT2D eigenvalue weighted by Gasteiger charge is -2.20. The highest BCUT2D eigenvalue weighted by molar-refractivity contribution is 5.67. The molecule has 0 aliphatic heterocycles. The lowest BCUT2D eigenvalue weighted by molar-refractivity contribution is 0.499. The summed E-state index contributed by atoms with van der Waals surface area (Å²) in [5, 5.41) is 0. The van der Waals surface area contributed by atoms with Gasteiger partial charge in [-0.1, -0.05) is 50.1 Å². The van der Waals surface area contributed by atoms with E-state index in [9.17, 15) is 8.78 Å². The van der Waals surface area contributed by atoms with Gasteiger partial charge in [-0.15, -0.1) is 0 Å². The van der Waals surface area contributed by atoms with E-state index in [0.29, 0.717) is 17.0 Å². The molecular weight excluding hydrogens is 278 g/mol. The van der Waals surface area contributed by atoms with Crippen molar-refractivity contribution in [1.29, 1.82) is 0 Å². The third-order valence-electron chi connectivity index (χ3n) is 4.46. The average molecular weight is 304 g/mol. The average Bonchev–Trinajstić information content (AvgIpc) is 2.53. The lowest BCUT2D eigenvalue weighted by atomic mass is 9.86. The molecule has 1 atom stereocenters. The van der Waals surface area contributed by atoms with Crippen LogP contribution in [-0.4, -0.2) is 0 Å². The van der Waals surface area contributed by atoms with Gasteiger partial charge in [-0.05, 0) is 56.1 Å². The Labute approximate surface area is 132 Å². The first-order valence-electron chi connectivity index (χ1n) is 8.44. The molecule has 0 radical (unpaired) electrons. The molecule has 120 valence electrons. The van der Waals surface area contributed by atoms with Crippen molar-refractivity contribution in [2.45, 2.75) is 58.8 Å². The highest BCUT2D eigenvalue weighted by Gasteiger charge is 2.18. The lowest BCUT2D eigenvalue weighted by Crippen LogP contribution is -2.05. The van der Waals surface area contributed by atoms with Crippen LogP contribution >= 0.6 is 0 Å². The van der Waals surface area contributed by atoms with Crippen molar-refractivity contribution in [3.8, 4) is 0 Å². The molecule has 0 bridgehead atoms. The summed E-state index contributed by atoms with van der Waals surface area (Å²) in [4.78, 5) is 0. The third kappa shape index (κ3) is 4.28. The first-order valence-corrected chi connectivity index (χ1v) is 8.44. The van der Waals surface area contributed by atoms with E-state index in [2.05, 4.69) is 25.2 Å². The Bertz CT molecular complexity index is 555. The van der Waals surface area contributed by atoms with Gasteiger partial charge in [-0.2, -0.15) is 0 Å². The number of hydrogen-bond donors (Lipinski definition) is 0. The van der Waals surface area contributed by atoms with Gasteiger partial charge in [0, 0.05) is 5.56 Å². The maximum absolute atomic E-state index is 14.0. The zero-order valence-corrected chi connectivity index (χ0v) is 13.7. The summed E-state index contributed by atoms with van der Waals surface area (Å²) in [6.07, 6.45) is 14.4. The fourth-order valence-electron chi connectivity index (χ4n) is 2.97. The molecule has 1 unspecified atom stereocenters. The topological polar surface area (TPSA) is 0 Å². The summed E-state index contributed by atoms with van der Waals surface area (Å²) in [6.45, 7) is 3.81. The zero-order valence-electron chi connectivity index (χ0n) is 13.7. The Morgan fingerprint density at radius 1 is 1.18 bits per heavy atom. The summed E-state index contributed by atoms with van der Waals surface area (Å²) >= 11 is 0. The first kappa shape index (κ1) is 16.9. The van der Waals surface area contributed by atoms with E-state index < -0.39 is 11.6 Å². The number of unbranched alkanes of at least 4 members (excludes halogenated alkanes) is 3. The smallest absolute Gasteiger partial charge is 0.166 e. The third-order valence-corrected chi connectivity index (χ3v) is 4.46. The molecule has 1 aliphatic carbocycles. The number of allylic oxidation sites excluding steroid dienone is 4. The monoisotopic (exact) mass is 304 g/mol. The normalized spacial score (nSPS) is 18.7. The Balaban J connectivity index is 1.96. The molecule has 1 aromatic rings. The van der Waals surface area contributed by atoms with Crippen molar-refractivity contribution in [2.75, 3.05) is 0 Å². The minimum atomic E-state index is -0.712. The number of aryl methyl sites for hydroxylation is 1.